The Bertz CT molecular complexity index is 288. The molecule has 0 aromatic carbocycles. The van der Waals surface area contributed by atoms with Gasteiger partial charge < -0.3 is 5.32 Å². The summed E-state index contributed by atoms with van der Waals surface area (Å²) >= 11 is 6.21. The molecule has 0 aliphatic carbocycles. The third-order valence-corrected chi connectivity index (χ3v) is 5.18. The van der Waals surface area contributed by atoms with E-state index in [9.17, 15) is 4.79 Å². The van der Waals surface area contributed by atoms with Crippen molar-refractivity contribution < 1.29 is 4.79 Å². The molecule has 18 heavy (non-hydrogen) atoms. The minimum absolute atomic E-state index is 0.0441. The van der Waals surface area contributed by atoms with Crippen molar-refractivity contribution in [2.24, 2.45) is 0 Å². The minimum atomic E-state index is -0.0441. The normalized spacial score (nSPS) is 32.2. The Morgan fingerprint density at radius 1 is 1.50 bits per heavy atom. The predicted octanol–water partition coefficient (Wildman–Crippen LogP) is 0.942. The van der Waals surface area contributed by atoms with E-state index in [-0.39, 0.29) is 11.3 Å². The van der Waals surface area contributed by atoms with Crippen molar-refractivity contribution in [3.63, 3.8) is 0 Å². The first-order chi connectivity index (χ1) is 8.66. The monoisotopic (exact) mass is 289 g/mol. The molecule has 6 heteroatoms. The maximum atomic E-state index is 11.4. The van der Waals surface area contributed by atoms with Crippen LogP contribution in [0.15, 0.2) is 0 Å². The molecule has 4 atom stereocenters. The number of carbonyl (C=O) groups excluding carboxylic acids is 1. The van der Waals surface area contributed by atoms with E-state index in [0.717, 1.165) is 24.8 Å². The number of unbranched alkanes of at least 4 members (excludes halogenated alkanes) is 1. The van der Waals surface area contributed by atoms with E-state index >= 15 is 0 Å². The molecule has 0 radical (unpaired) electrons. The number of rotatable bonds is 6. The molecule has 2 saturated heterocycles. The van der Waals surface area contributed by atoms with E-state index in [4.69, 9.17) is 0 Å². The second-order valence-electron chi connectivity index (χ2n) is 5.08. The van der Waals surface area contributed by atoms with E-state index in [2.05, 4.69) is 40.3 Å². The third kappa shape index (κ3) is 4.05. The molecule has 3 N–H and O–H groups in total. The molecule has 4 nitrogen and oxygen atoms in total. The van der Waals surface area contributed by atoms with Crippen LogP contribution in [0, 0.1) is 0 Å². The van der Waals surface area contributed by atoms with E-state index in [0.29, 0.717) is 18.5 Å². The van der Waals surface area contributed by atoms with Gasteiger partial charge in [0.1, 0.15) is 0 Å². The van der Waals surface area contributed by atoms with Gasteiger partial charge in [-0.15, -0.1) is 0 Å². The highest BCUT2D eigenvalue weighted by Crippen LogP contribution is 2.32. The van der Waals surface area contributed by atoms with Gasteiger partial charge >= 0.3 is 0 Å². The lowest BCUT2D eigenvalue weighted by Crippen LogP contribution is -2.36. The van der Waals surface area contributed by atoms with E-state index < -0.39 is 0 Å². The molecular formula is C12H23N3OS2. The molecule has 1 amide bonds. The minimum Gasteiger partial charge on any atom is -0.345 e. The zero-order valence-electron chi connectivity index (χ0n) is 10.8. The lowest BCUT2D eigenvalue weighted by Gasteiger charge is -2.17. The maximum Gasteiger partial charge on any atom is 0.220 e. The van der Waals surface area contributed by atoms with Crippen LogP contribution >= 0.6 is 24.4 Å². The van der Waals surface area contributed by atoms with Crippen molar-refractivity contribution in [2.75, 3.05) is 12.4 Å². The third-order valence-electron chi connectivity index (χ3n) is 3.54. The predicted molar refractivity (Wildman–Crippen MR) is 80.0 cm³/mol. The quantitative estimate of drug-likeness (QED) is 0.334. The molecule has 0 saturated carbocycles. The number of thiol groups is 1. The summed E-state index contributed by atoms with van der Waals surface area (Å²) < 4.78 is 0. The first-order valence-corrected chi connectivity index (χ1v) is 8.29. The van der Waals surface area contributed by atoms with Crippen molar-refractivity contribution >= 4 is 30.3 Å². The number of thioether (sulfide) groups is 1. The van der Waals surface area contributed by atoms with Gasteiger partial charge in [-0.1, -0.05) is 6.42 Å². The molecule has 2 fully saturated rings. The summed E-state index contributed by atoms with van der Waals surface area (Å²) in [5.74, 6) is 1.34. The highest BCUT2D eigenvalue weighted by atomic mass is 32.2. The summed E-state index contributed by atoms with van der Waals surface area (Å²) in [6, 6.07) is 1.30. The van der Waals surface area contributed by atoms with Crippen molar-refractivity contribution in [1.82, 2.24) is 16.0 Å². The first-order valence-electron chi connectivity index (χ1n) is 6.72. The highest BCUT2D eigenvalue weighted by Gasteiger charge is 2.38. The fourth-order valence-corrected chi connectivity index (χ4v) is 4.41. The van der Waals surface area contributed by atoms with Crippen LogP contribution in [0.4, 0.5) is 0 Å². The molecule has 0 aromatic rings. The average Bonchev–Trinajstić information content (AvgIpc) is 2.86. The molecule has 2 aliphatic rings. The van der Waals surface area contributed by atoms with E-state index in [1.165, 1.54) is 12.2 Å². The van der Waals surface area contributed by atoms with Crippen LogP contribution in [-0.4, -0.2) is 41.0 Å². The van der Waals surface area contributed by atoms with E-state index in [1.807, 2.05) is 6.92 Å². The number of hydrogen-bond acceptors (Lipinski definition) is 5. The Morgan fingerprint density at radius 3 is 3.11 bits per heavy atom. The molecule has 104 valence electrons. The fourth-order valence-electron chi connectivity index (χ4n) is 2.66. The van der Waals surface area contributed by atoms with Crippen LogP contribution < -0.4 is 16.0 Å². The topological polar surface area (TPSA) is 53.2 Å². The van der Waals surface area contributed by atoms with Gasteiger partial charge in [0.2, 0.25) is 5.91 Å². The van der Waals surface area contributed by atoms with Crippen LogP contribution in [0.2, 0.25) is 0 Å². The van der Waals surface area contributed by atoms with Gasteiger partial charge in [-0.3, -0.25) is 15.4 Å². The number of amides is 1. The molecular weight excluding hydrogens is 266 g/mol. The lowest BCUT2D eigenvalue weighted by molar-refractivity contribution is -0.121. The molecule has 2 aliphatic heterocycles. The van der Waals surface area contributed by atoms with Gasteiger partial charge in [0.15, 0.2) is 0 Å². The molecule has 2 rings (SSSR count). The lowest BCUT2D eigenvalue weighted by atomic mass is 10.0. The summed E-state index contributed by atoms with van der Waals surface area (Å²) in [6.07, 6.45) is 3.96. The fraction of sp³-hybridized carbons (Fsp3) is 0.917. The van der Waals surface area contributed by atoms with Crippen LogP contribution in [0.25, 0.3) is 0 Å². The number of hydrogen-bond donors (Lipinski definition) is 4. The van der Waals surface area contributed by atoms with Crippen LogP contribution in [0.3, 0.4) is 0 Å². The molecule has 0 aromatic heterocycles. The molecule has 0 spiro atoms. The summed E-state index contributed by atoms with van der Waals surface area (Å²) in [5, 5.41) is 10.5. The van der Waals surface area contributed by atoms with Crippen molar-refractivity contribution in [1.29, 1.82) is 0 Å². The van der Waals surface area contributed by atoms with Crippen LogP contribution in [0.1, 0.15) is 32.6 Å². The zero-order chi connectivity index (χ0) is 13.0. The van der Waals surface area contributed by atoms with Crippen molar-refractivity contribution in [3.8, 4) is 0 Å². The largest absolute Gasteiger partial charge is 0.345 e. The smallest absolute Gasteiger partial charge is 0.220 e. The number of carbonyl (C=O) groups is 1. The number of fused-ring (bicyclic) bond motifs is 1. The van der Waals surface area contributed by atoms with Gasteiger partial charge in [-0.25, -0.2) is 0 Å². The second-order valence-corrected chi connectivity index (χ2v) is 7.13. The van der Waals surface area contributed by atoms with Gasteiger partial charge in [0.25, 0.3) is 0 Å². The van der Waals surface area contributed by atoms with Crippen LogP contribution in [-0.2, 0) is 4.79 Å². The molecule has 0 bridgehead atoms. The Morgan fingerprint density at radius 2 is 2.33 bits per heavy atom. The molecule has 1 unspecified atom stereocenters. The summed E-state index contributed by atoms with van der Waals surface area (Å²) in [5.41, 5.74) is 0. The van der Waals surface area contributed by atoms with Crippen LogP contribution in [0.5, 0.6) is 0 Å². The second kappa shape index (κ2) is 7.03. The van der Waals surface area contributed by atoms with Crippen molar-refractivity contribution in [2.45, 2.75) is 55.3 Å². The Labute approximate surface area is 119 Å². The summed E-state index contributed by atoms with van der Waals surface area (Å²) in [4.78, 5) is 11.4. The first kappa shape index (κ1) is 14.5. The SMILES string of the molecule is CC(S)NC(=O)CCCC[C@@H]1SC[C@@H]2NCN[C@@H]21. The standard InChI is InChI=1S/C12H23N3OS2/c1-8(17)15-11(16)5-3-2-4-10-12-9(6-18-10)13-7-14-12/h8-10,12-14,17H,2-7H2,1H3,(H,15,16)/t8?,9-,10-,12-/m0/s1. The average molecular weight is 289 g/mol. The zero-order valence-corrected chi connectivity index (χ0v) is 12.5. The van der Waals surface area contributed by atoms with Crippen molar-refractivity contribution in [3.05, 3.63) is 0 Å². The Balaban J connectivity index is 1.57. The summed E-state index contributed by atoms with van der Waals surface area (Å²) in [7, 11) is 0. The maximum absolute atomic E-state index is 11.4. The Kier molecular flexibility index (Phi) is 5.66. The molecule has 2 heterocycles. The highest BCUT2D eigenvalue weighted by molar-refractivity contribution is 8.00. The Hall–Kier alpha value is 0.0900. The van der Waals surface area contributed by atoms with Gasteiger partial charge in [0, 0.05) is 36.2 Å². The van der Waals surface area contributed by atoms with Gasteiger partial charge in [0.05, 0.1) is 5.37 Å². The van der Waals surface area contributed by atoms with Gasteiger partial charge in [-0.05, 0) is 19.8 Å². The summed E-state index contributed by atoms with van der Waals surface area (Å²) in [6.45, 7) is 2.82. The van der Waals surface area contributed by atoms with Gasteiger partial charge in [-0.2, -0.15) is 24.4 Å². The van der Waals surface area contributed by atoms with E-state index in [1.54, 1.807) is 0 Å². The number of nitrogens with one attached hydrogen (secondary N) is 3.